The second-order valence-corrected chi connectivity index (χ2v) is 7.55. The maximum atomic E-state index is 13.6. The lowest BCUT2D eigenvalue weighted by molar-refractivity contribution is 0.0702. The Bertz CT molecular complexity index is 810. The molecule has 4 nitrogen and oxygen atoms in total. The first-order valence-corrected chi connectivity index (χ1v) is 8.18. The van der Waals surface area contributed by atoms with Gasteiger partial charge in [-0.15, -0.1) is 11.3 Å². The summed E-state index contributed by atoms with van der Waals surface area (Å²) < 4.78 is 50.7. The Morgan fingerprint density at radius 3 is 2.48 bits per heavy atom. The van der Waals surface area contributed by atoms with Crippen LogP contribution in [0.5, 0.6) is 0 Å². The molecule has 0 atom stereocenters. The molecule has 0 amide bonds. The molecule has 0 fully saturated rings. The van der Waals surface area contributed by atoms with E-state index in [4.69, 9.17) is 5.11 Å². The number of hydrogen-bond donors (Lipinski definition) is 1. The highest BCUT2D eigenvalue weighted by Gasteiger charge is 2.23. The number of benzene rings is 1. The average molecular weight is 332 g/mol. The van der Waals surface area contributed by atoms with Crippen LogP contribution in [0.2, 0.25) is 0 Å². The van der Waals surface area contributed by atoms with E-state index in [9.17, 15) is 22.0 Å². The number of carboxylic acids is 1. The third kappa shape index (κ3) is 3.27. The van der Waals surface area contributed by atoms with E-state index < -0.39 is 38.1 Å². The predicted octanol–water partition coefficient (Wildman–Crippen LogP) is 3.01. The molecule has 1 aromatic carbocycles. The van der Waals surface area contributed by atoms with Gasteiger partial charge in [-0.3, -0.25) is 0 Å². The topological polar surface area (TPSA) is 71.4 Å². The largest absolute Gasteiger partial charge is 0.477 e. The molecule has 0 saturated heterocycles. The standard InChI is InChI=1S/C13H10F2O4S2/c1-7-8(4-11(20-7)13(16)17)6-21(18,19)12-3-2-9(14)5-10(12)15/h2-5H,6H2,1H3,(H,16,17). The fraction of sp³-hybridized carbons (Fsp3) is 0.154. The molecular weight excluding hydrogens is 322 g/mol. The van der Waals surface area contributed by atoms with E-state index in [1.807, 2.05) is 0 Å². The monoisotopic (exact) mass is 332 g/mol. The van der Waals surface area contributed by atoms with Crippen molar-refractivity contribution in [2.45, 2.75) is 17.6 Å². The summed E-state index contributed by atoms with van der Waals surface area (Å²) in [5.74, 6) is -3.72. The number of thiophene rings is 1. The Morgan fingerprint density at radius 2 is 1.95 bits per heavy atom. The van der Waals surface area contributed by atoms with Crippen LogP contribution in [0.3, 0.4) is 0 Å². The molecule has 0 radical (unpaired) electrons. The van der Waals surface area contributed by atoms with Crippen molar-refractivity contribution in [3.8, 4) is 0 Å². The van der Waals surface area contributed by atoms with E-state index in [0.29, 0.717) is 16.5 Å². The van der Waals surface area contributed by atoms with Crippen molar-refractivity contribution in [3.05, 3.63) is 51.2 Å². The molecule has 0 aliphatic carbocycles. The molecule has 0 spiro atoms. The maximum absolute atomic E-state index is 13.6. The van der Waals surface area contributed by atoms with Crippen LogP contribution in [0.15, 0.2) is 29.2 Å². The molecule has 0 saturated carbocycles. The molecular formula is C13H10F2O4S2. The van der Waals surface area contributed by atoms with Crippen molar-refractivity contribution in [1.82, 2.24) is 0 Å². The summed E-state index contributed by atoms with van der Waals surface area (Å²) >= 11 is 0.947. The number of hydrogen-bond acceptors (Lipinski definition) is 4. The molecule has 112 valence electrons. The highest BCUT2D eigenvalue weighted by atomic mass is 32.2. The van der Waals surface area contributed by atoms with Crippen LogP contribution >= 0.6 is 11.3 Å². The fourth-order valence-corrected chi connectivity index (χ4v) is 4.25. The molecule has 1 heterocycles. The minimum absolute atomic E-state index is 0.0114. The van der Waals surface area contributed by atoms with Crippen molar-refractivity contribution >= 4 is 27.1 Å². The van der Waals surface area contributed by atoms with Crippen molar-refractivity contribution in [2.75, 3.05) is 0 Å². The van der Waals surface area contributed by atoms with E-state index in [2.05, 4.69) is 0 Å². The summed E-state index contributed by atoms with van der Waals surface area (Å²) in [6.45, 7) is 1.59. The molecule has 8 heteroatoms. The first-order valence-electron chi connectivity index (χ1n) is 5.71. The van der Waals surface area contributed by atoms with Gasteiger partial charge >= 0.3 is 5.97 Å². The van der Waals surface area contributed by atoms with E-state index in [1.165, 1.54) is 6.07 Å². The smallest absolute Gasteiger partial charge is 0.345 e. The van der Waals surface area contributed by atoms with Crippen LogP contribution in [0.1, 0.15) is 20.1 Å². The summed E-state index contributed by atoms with van der Waals surface area (Å²) in [7, 11) is -4.02. The zero-order valence-corrected chi connectivity index (χ0v) is 12.4. The third-order valence-electron chi connectivity index (χ3n) is 2.81. The molecule has 1 N–H and O–H groups in total. The highest BCUT2D eigenvalue weighted by Crippen LogP contribution is 2.27. The number of rotatable bonds is 4. The second kappa shape index (κ2) is 5.53. The zero-order chi connectivity index (χ0) is 15.8. The van der Waals surface area contributed by atoms with E-state index in [-0.39, 0.29) is 4.88 Å². The van der Waals surface area contributed by atoms with E-state index in [1.54, 1.807) is 6.92 Å². The number of aryl methyl sites for hydroxylation is 1. The Morgan fingerprint density at radius 1 is 1.29 bits per heavy atom. The first-order chi connectivity index (χ1) is 9.70. The lowest BCUT2D eigenvalue weighted by atomic mass is 10.3. The van der Waals surface area contributed by atoms with Crippen LogP contribution in [0.4, 0.5) is 8.78 Å². The van der Waals surface area contributed by atoms with Gasteiger partial charge in [-0.2, -0.15) is 0 Å². The third-order valence-corrected chi connectivity index (χ3v) is 5.58. The van der Waals surface area contributed by atoms with Gasteiger partial charge in [-0.25, -0.2) is 22.0 Å². The molecule has 0 unspecified atom stereocenters. The maximum Gasteiger partial charge on any atom is 0.345 e. The van der Waals surface area contributed by atoms with Gasteiger partial charge in [0.05, 0.1) is 5.75 Å². The summed E-state index contributed by atoms with van der Waals surface area (Å²) in [5, 5.41) is 8.87. The first kappa shape index (κ1) is 15.6. The van der Waals surface area contributed by atoms with Crippen LogP contribution in [0, 0.1) is 18.6 Å². The Balaban J connectivity index is 2.40. The van der Waals surface area contributed by atoms with Gasteiger partial charge in [-0.05, 0) is 30.7 Å². The molecule has 1 aromatic heterocycles. The number of halogens is 2. The van der Waals surface area contributed by atoms with Crippen molar-refractivity contribution in [1.29, 1.82) is 0 Å². The van der Waals surface area contributed by atoms with Crippen molar-refractivity contribution < 1.29 is 27.1 Å². The fourth-order valence-electron chi connectivity index (χ4n) is 1.78. The normalized spacial score (nSPS) is 11.6. The molecule has 2 rings (SSSR count). The number of sulfone groups is 1. The Kier molecular flexibility index (Phi) is 4.11. The number of carboxylic acid groups (broad SMARTS) is 1. The lowest BCUT2D eigenvalue weighted by Crippen LogP contribution is -2.07. The summed E-state index contributed by atoms with van der Waals surface area (Å²) in [5.41, 5.74) is 0.293. The average Bonchev–Trinajstić information content (AvgIpc) is 2.70. The highest BCUT2D eigenvalue weighted by molar-refractivity contribution is 7.90. The second-order valence-electron chi connectivity index (χ2n) is 4.33. The summed E-state index contributed by atoms with van der Waals surface area (Å²) in [4.78, 5) is 10.8. The summed E-state index contributed by atoms with van der Waals surface area (Å²) in [6.07, 6.45) is 0. The molecule has 0 aliphatic rings. The molecule has 0 aliphatic heterocycles. The zero-order valence-electron chi connectivity index (χ0n) is 10.8. The lowest BCUT2D eigenvalue weighted by Gasteiger charge is -2.05. The predicted molar refractivity (Wildman–Crippen MR) is 73.3 cm³/mol. The molecule has 0 bridgehead atoms. The van der Waals surface area contributed by atoms with Crippen molar-refractivity contribution in [2.24, 2.45) is 0 Å². The minimum Gasteiger partial charge on any atom is -0.477 e. The van der Waals surface area contributed by atoms with Crippen LogP contribution in [-0.4, -0.2) is 19.5 Å². The number of aromatic carboxylic acids is 1. The minimum atomic E-state index is -4.02. The quantitative estimate of drug-likeness (QED) is 0.874. The van der Waals surface area contributed by atoms with E-state index in [0.717, 1.165) is 23.5 Å². The van der Waals surface area contributed by atoms with Crippen LogP contribution in [0.25, 0.3) is 0 Å². The Labute approximate surface area is 123 Å². The van der Waals surface area contributed by atoms with E-state index >= 15 is 0 Å². The van der Waals surface area contributed by atoms with Gasteiger partial charge in [0, 0.05) is 10.9 Å². The van der Waals surface area contributed by atoms with Gasteiger partial charge < -0.3 is 5.11 Å². The number of carbonyl (C=O) groups is 1. The van der Waals surface area contributed by atoms with Crippen LogP contribution in [-0.2, 0) is 15.6 Å². The van der Waals surface area contributed by atoms with Gasteiger partial charge in [0.1, 0.15) is 21.4 Å². The molecule has 21 heavy (non-hydrogen) atoms. The summed E-state index contributed by atoms with van der Waals surface area (Å²) in [6, 6.07) is 3.47. The van der Waals surface area contributed by atoms with Gasteiger partial charge in [0.15, 0.2) is 9.84 Å². The Hall–Kier alpha value is -1.80. The van der Waals surface area contributed by atoms with Gasteiger partial charge in [-0.1, -0.05) is 0 Å². The molecule has 2 aromatic rings. The van der Waals surface area contributed by atoms with Gasteiger partial charge in [0.2, 0.25) is 0 Å². The van der Waals surface area contributed by atoms with Crippen molar-refractivity contribution in [3.63, 3.8) is 0 Å². The van der Waals surface area contributed by atoms with Gasteiger partial charge in [0.25, 0.3) is 0 Å². The SMILES string of the molecule is Cc1sc(C(=O)O)cc1CS(=O)(=O)c1ccc(F)cc1F. The van der Waals surface area contributed by atoms with Crippen LogP contribution < -0.4 is 0 Å².